The number of nitrogens with zero attached hydrogens (tertiary/aromatic N) is 1. The highest BCUT2D eigenvalue weighted by Gasteiger charge is 2.55. The third kappa shape index (κ3) is 4.36. The summed E-state index contributed by atoms with van der Waals surface area (Å²) >= 11 is 0. The van der Waals surface area contributed by atoms with E-state index in [-0.39, 0.29) is 18.6 Å². The Morgan fingerprint density at radius 2 is 1.89 bits per heavy atom. The number of rotatable bonds is 5. The van der Waals surface area contributed by atoms with Gasteiger partial charge in [0.15, 0.2) is 0 Å². The zero-order chi connectivity index (χ0) is 24.0. The Morgan fingerprint density at radius 1 is 1.11 bits per heavy atom. The SMILES string of the molecule is O=CC1(CO)CCC2NCC(c3ccc([C@@H]4CC45CCN(C(=O)[C@H]4CCCO4)CC5)cc3)CC2C1. The predicted molar refractivity (Wildman–Crippen MR) is 133 cm³/mol. The van der Waals surface area contributed by atoms with E-state index < -0.39 is 5.41 Å². The molecule has 4 unspecified atom stereocenters. The van der Waals surface area contributed by atoms with Crippen molar-refractivity contribution in [3.8, 4) is 0 Å². The van der Waals surface area contributed by atoms with Gasteiger partial charge in [0.25, 0.3) is 5.91 Å². The lowest BCUT2D eigenvalue weighted by atomic mass is 9.64. The first kappa shape index (κ1) is 23.6. The second-order valence-corrected chi connectivity index (χ2v) is 12.2. The first-order chi connectivity index (χ1) is 17.0. The third-order valence-corrected chi connectivity index (χ3v) is 10.2. The zero-order valence-electron chi connectivity index (χ0n) is 20.8. The molecule has 0 radical (unpaired) electrons. The first-order valence-corrected chi connectivity index (χ1v) is 13.9. The van der Waals surface area contributed by atoms with Crippen LogP contribution in [0.4, 0.5) is 0 Å². The fourth-order valence-electron chi connectivity index (χ4n) is 7.77. The number of aliphatic hydroxyl groups excluding tert-OH is 1. The zero-order valence-corrected chi connectivity index (χ0v) is 20.8. The molecule has 3 saturated heterocycles. The molecule has 35 heavy (non-hydrogen) atoms. The predicted octanol–water partition coefficient (Wildman–Crippen LogP) is 3.38. The molecule has 5 fully saturated rings. The van der Waals surface area contributed by atoms with Gasteiger partial charge in [0.1, 0.15) is 12.4 Å². The fraction of sp³-hybridized carbons (Fsp3) is 0.724. The molecule has 1 spiro atoms. The lowest BCUT2D eigenvalue weighted by Gasteiger charge is -2.46. The summed E-state index contributed by atoms with van der Waals surface area (Å²) in [7, 11) is 0. The Kier molecular flexibility index (Phi) is 6.26. The molecule has 5 aliphatic rings. The average Bonchev–Trinajstić information content (AvgIpc) is 3.33. The van der Waals surface area contributed by atoms with Crippen molar-refractivity contribution < 1.29 is 19.4 Å². The molecular formula is C29H40N2O4. The molecule has 6 heteroatoms. The van der Waals surface area contributed by atoms with E-state index in [4.69, 9.17) is 4.74 Å². The summed E-state index contributed by atoms with van der Waals surface area (Å²) in [5.74, 6) is 1.76. The molecule has 2 saturated carbocycles. The standard InChI is InChI=1S/C29H40N2O4/c32-18-28(19-33)8-7-25-22(15-28)14-23(17-30-25)20-3-5-21(6-4-20)24-16-29(24)9-11-31(12-10-29)27(34)26-2-1-13-35-26/h3-6,18,22-26,30,33H,1-2,7-17,19H2/t22?,23?,24-,25?,26+,28?/m0/s1. The summed E-state index contributed by atoms with van der Waals surface area (Å²) in [5.41, 5.74) is 2.70. The topological polar surface area (TPSA) is 78.9 Å². The number of carbonyl (C=O) groups is 2. The van der Waals surface area contributed by atoms with Crippen molar-refractivity contribution in [3.63, 3.8) is 0 Å². The number of nitrogens with one attached hydrogen (secondary N) is 1. The monoisotopic (exact) mass is 480 g/mol. The van der Waals surface area contributed by atoms with E-state index in [1.807, 2.05) is 4.90 Å². The molecule has 3 aliphatic heterocycles. The Labute approximate surface area is 208 Å². The molecule has 0 aromatic heterocycles. The van der Waals surface area contributed by atoms with Gasteiger partial charge in [0.05, 0.1) is 6.61 Å². The highest BCUT2D eigenvalue weighted by atomic mass is 16.5. The summed E-state index contributed by atoms with van der Waals surface area (Å²) in [6.07, 6.45) is 9.84. The van der Waals surface area contributed by atoms with Crippen molar-refractivity contribution in [1.82, 2.24) is 10.2 Å². The lowest BCUT2D eigenvalue weighted by Crippen LogP contribution is -2.51. The van der Waals surface area contributed by atoms with Gasteiger partial charge in [-0.05, 0) is 92.1 Å². The van der Waals surface area contributed by atoms with Crippen molar-refractivity contribution in [1.29, 1.82) is 0 Å². The van der Waals surface area contributed by atoms with Gasteiger partial charge in [-0.1, -0.05) is 24.3 Å². The molecule has 0 bridgehead atoms. The van der Waals surface area contributed by atoms with Crippen LogP contribution in [0.25, 0.3) is 0 Å². The first-order valence-electron chi connectivity index (χ1n) is 13.9. The van der Waals surface area contributed by atoms with Crippen LogP contribution in [-0.4, -0.2) is 67.2 Å². The summed E-state index contributed by atoms with van der Waals surface area (Å²) in [4.78, 5) is 26.4. The van der Waals surface area contributed by atoms with E-state index in [9.17, 15) is 14.7 Å². The average molecular weight is 481 g/mol. The van der Waals surface area contributed by atoms with Gasteiger partial charge in [0.2, 0.25) is 0 Å². The Morgan fingerprint density at radius 3 is 2.57 bits per heavy atom. The number of benzene rings is 1. The molecule has 190 valence electrons. The minimum Gasteiger partial charge on any atom is -0.395 e. The number of likely N-dealkylation sites (tertiary alicyclic amines) is 1. The number of amides is 1. The van der Waals surface area contributed by atoms with E-state index in [0.29, 0.717) is 29.2 Å². The number of hydrogen-bond donors (Lipinski definition) is 2. The molecule has 2 aliphatic carbocycles. The van der Waals surface area contributed by atoms with Crippen LogP contribution in [0.3, 0.4) is 0 Å². The maximum Gasteiger partial charge on any atom is 0.251 e. The summed E-state index contributed by atoms with van der Waals surface area (Å²) in [5, 5.41) is 13.6. The van der Waals surface area contributed by atoms with Crippen molar-refractivity contribution in [2.24, 2.45) is 16.7 Å². The van der Waals surface area contributed by atoms with Gasteiger partial charge in [-0.25, -0.2) is 0 Å². The van der Waals surface area contributed by atoms with Gasteiger partial charge < -0.3 is 24.9 Å². The molecule has 2 N–H and O–H groups in total. The molecule has 6 atom stereocenters. The van der Waals surface area contributed by atoms with E-state index in [1.54, 1.807) is 0 Å². The molecule has 3 heterocycles. The van der Waals surface area contributed by atoms with Crippen LogP contribution >= 0.6 is 0 Å². The number of fused-ring (bicyclic) bond motifs is 1. The molecule has 1 amide bonds. The second kappa shape index (κ2) is 9.28. The molecular weight excluding hydrogens is 440 g/mol. The summed E-state index contributed by atoms with van der Waals surface area (Å²) in [6.45, 7) is 3.45. The Hall–Kier alpha value is -1.76. The third-order valence-electron chi connectivity index (χ3n) is 10.2. The highest BCUT2D eigenvalue weighted by molar-refractivity contribution is 5.81. The van der Waals surface area contributed by atoms with Gasteiger partial charge >= 0.3 is 0 Å². The Balaban J connectivity index is 1.05. The number of carbonyl (C=O) groups excluding carboxylic acids is 2. The van der Waals surface area contributed by atoms with Crippen LogP contribution in [-0.2, 0) is 14.3 Å². The van der Waals surface area contributed by atoms with E-state index in [1.165, 1.54) is 17.5 Å². The summed E-state index contributed by atoms with van der Waals surface area (Å²) in [6, 6.07) is 9.82. The lowest BCUT2D eigenvalue weighted by molar-refractivity contribution is -0.142. The van der Waals surface area contributed by atoms with Crippen molar-refractivity contribution in [2.45, 2.75) is 81.8 Å². The minimum absolute atomic E-state index is 0.0253. The van der Waals surface area contributed by atoms with Gasteiger partial charge in [0, 0.05) is 37.7 Å². The van der Waals surface area contributed by atoms with E-state index >= 15 is 0 Å². The number of piperidine rings is 2. The van der Waals surface area contributed by atoms with Crippen LogP contribution in [0.2, 0.25) is 0 Å². The largest absolute Gasteiger partial charge is 0.395 e. The number of ether oxygens (including phenoxy) is 1. The summed E-state index contributed by atoms with van der Waals surface area (Å²) < 4.78 is 5.62. The highest BCUT2D eigenvalue weighted by Crippen LogP contribution is 2.65. The van der Waals surface area contributed by atoms with Crippen molar-refractivity contribution in [3.05, 3.63) is 35.4 Å². The second-order valence-electron chi connectivity index (χ2n) is 12.2. The van der Waals surface area contributed by atoms with Gasteiger partial charge in [-0.15, -0.1) is 0 Å². The van der Waals surface area contributed by atoms with Crippen LogP contribution < -0.4 is 5.32 Å². The van der Waals surface area contributed by atoms with E-state index in [2.05, 4.69) is 29.6 Å². The normalized spacial score (nSPS) is 38.2. The van der Waals surface area contributed by atoms with Crippen LogP contribution in [0.15, 0.2) is 24.3 Å². The maximum absolute atomic E-state index is 12.7. The maximum atomic E-state index is 12.7. The smallest absolute Gasteiger partial charge is 0.251 e. The van der Waals surface area contributed by atoms with Crippen LogP contribution in [0.5, 0.6) is 0 Å². The molecule has 1 aromatic carbocycles. The minimum atomic E-state index is -0.529. The molecule has 6 rings (SSSR count). The molecule has 1 aromatic rings. The molecule has 6 nitrogen and oxygen atoms in total. The van der Waals surface area contributed by atoms with Gasteiger partial charge in [-0.3, -0.25) is 4.79 Å². The van der Waals surface area contributed by atoms with Gasteiger partial charge in [-0.2, -0.15) is 0 Å². The van der Waals surface area contributed by atoms with Crippen LogP contribution in [0, 0.1) is 16.7 Å². The quantitative estimate of drug-likeness (QED) is 0.632. The fourth-order valence-corrected chi connectivity index (χ4v) is 7.77. The Bertz CT molecular complexity index is 935. The van der Waals surface area contributed by atoms with Crippen molar-refractivity contribution >= 4 is 12.2 Å². The number of aldehydes is 1. The number of hydrogen-bond acceptors (Lipinski definition) is 5. The van der Waals surface area contributed by atoms with E-state index in [0.717, 1.165) is 83.9 Å². The van der Waals surface area contributed by atoms with Crippen molar-refractivity contribution in [2.75, 3.05) is 32.8 Å². The number of aliphatic hydroxyl groups is 1. The van der Waals surface area contributed by atoms with Crippen LogP contribution in [0.1, 0.15) is 80.8 Å².